The van der Waals surface area contributed by atoms with Crippen LogP contribution in [0.25, 0.3) is 6.08 Å². The summed E-state index contributed by atoms with van der Waals surface area (Å²) in [5.74, 6) is -0.0721. The molecule has 20 heavy (non-hydrogen) atoms. The molecule has 2 aromatic carbocycles. The molecule has 0 radical (unpaired) electrons. The molecule has 1 aliphatic heterocycles. The number of halogens is 2. The maximum absolute atomic E-state index is 13.7. The molecule has 0 aromatic heterocycles. The van der Waals surface area contributed by atoms with Crippen molar-refractivity contribution in [2.24, 2.45) is 0 Å². The summed E-state index contributed by atoms with van der Waals surface area (Å²) in [4.78, 5) is 12.3. The highest BCUT2D eigenvalue weighted by Crippen LogP contribution is 2.29. The molecule has 0 unspecified atom stereocenters. The SMILES string of the molecule is O=C1/C(=C/c2c(F)cccc2Cl)COc2ccccc21. The maximum atomic E-state index is 13.7. The smallest absolute Gasteiger partial charge is 0.196 e. The van der Waals surface area contributed by atoms with Crippen molar-refractivity contribution in [3.05, 3.63) is 70.0 Å². The van der Waals surface area contributed by atoms with E-state index in [1.165, 1.54) is 18.2 Å². The minimum absolute atomic E-state index is 0.112. The summed E-state index contributed by atoms with van der Waals surface area (Å²) in [5.41, 5.74) is 1.08. The van der Waals surface area contributed by atoms with Crippen molar-refractivity contribution in [2.75, 3.05) is 6.61 Å². The van der Waals surface area contributed by atoms with Crippen molar-refractivity contribution in [2.45, 2.75) is 0 Å². The second-order valence-electron chi connectivity index (χ2n) is 4.42. The van der Waals surface area contributed by atoms with Gasteiger partial charge in [0.05, 0.1) is 10.6 Å². The Kier molecular flexibility index (Phi) is 3.28. The van der Waals surface area contributed by atoms with E-state index >= 15 is 0 Å². The molecule has 4 heteroatoms. The normalized spacial score (nSPS) is 15.9. The summed E-state index contributed by atoms with van der Waals surface area (Å²) in [6, 6.07) is 11.4. The molecule has 0 spiro atoms. The molecule has 1 heterocycles. The molecular formula is C16H10ClFO2. The molecule has 3 rings (SSSR count). The van der Waals surface area contributed by atoms with Crippen LogP contribution in [0.2, 0.25) is 5.02 Å². The number of hydrogen-bond acceptors (Lipinski definition) is 2. The maximum Gasteiger partial charge on any atom is 0.196 e. The molecule has 0 saturated heterocycles. The van der Waals surface area contributed by atoms with E-state index in [4.69, 9.17) is 16.3 Å². The molecule has 0 bridgehead atoms. The topological polar surface area (TPSA) is 26.3 Å². The number of benzene rings is 2. The van der Waals surface area contributed by atoms with Gasteiger partial charge in [-0.05, 0) is 30.3 Å². The molecule has 2 aromatic rings. The van der Waals surface area contributed by atoms with E-state index in [1.807, 2.05) is 0 Å². The van der Waals surface area contributed by atoms with E-state index in [2.05, 4.69) is 0 Å². The summed E-state index contributed by atoms with van der Waals surface area (Å²) < 4.78 is 19.3. The van der Waals surface area contributed by atoms with E-state index < -0.39 is 5.82 Å². The van der Waals surface area contributed by atoms with E-state index in [0.29, 0.717) is 16.9 Å². The van der Waals surface area contributed by atoms with Crippen molar-refractivity contribution in [3.8, 4) is 5.75 Å². The molecule has 0 amide bonds. The van der Waals surface area contributed by atoms with Gasteiger partial charge in [-0.25, -0.2) is 4.39 Å². The monoisotopic (exact) mass is 288 g/mol. The predicted octanol–water partition coefficient (Wildman–Crippen LogP) is 4.14. The molecular weight excluding hydrogens is 279 g/mol. The van der Waals surface area contributed by atoms with E-state index in [0.717, 1.165) is 0 Å². The van der Waals surface area contributed by atoms with Crippen LogP contribution >= 0.6 is 11.6 Å². The van der Waals surface area contributed by atoms with Crippen LogP contribution in [0.3, 0.4) is 0 Å². The lowest BCUT2D eigenvalue weighted by molar-refractivity contribution is 0.100. The standard InChI is InChI=1S/C16H10ClFO2/c17-13-5-3-6-14(18)12(13)8-10-9-20-15-7-2-1-4-11(15)16(10)19/h1-8H,9H2/b10-8+. The Labute approximate surface area is 120 Å². The summed E-state index contributed by atoms with van der Waals surface area (Å²) in [7, 11) is 0. The first-order valence-corrected chi connectivity index (χ1v) is 6.46. The van der Waals surface area contributed by atoms with Gasteiger partial charge in [0.25, 0.3) is 0 Å². The van der Waals surface area contributed by atoms with Gasteiger partial charge in [-0.2, -0.15) is 0 Å². The Balaban J connectivity index is 2.05. The number of hydrogen-bond donors (Lipinski definition) is 0. The third kappa shape index (κ3) is 2.21. The average Bonchev–Trinajstić information content (AvgIpc) is 2.45. The van der Waals surface area contributed by atoms with Gasteiger partial charge in [0.1, 0.15) is 18.2 Å². The Hall–Kier alpha value is -2.13. The van der Waals surface area contributed by atoms with Gasteiger partial charge in [0.15, 0.2) is 5.78 Å². The number of carbonyl (C=O) groups excluding carboxylic acids is 1. The van der Waals surface area contributed by atoms with Gasteiger partial charge in [0.2, 0.25) is 0 Å². The van der Waals surface area contributed by atoms with Crippen molar-refractivity contribution in [1.82, 2.24) is 0 Å². The van der Waals surface area contributed by atoms with E-state index in [-0.39, 0.29) is 23.0 Å². The molecule has 100 valence electrons. The highest BCUT2D eigenvalue weighted by molar-refractivity contribution is 6.32. The first kappa shape index (κ1) is 12.9. The van der Waals surface area contributed by atoms with Gasteiger partial charge in [-0.3, -0.25) is 4.79 Å². The molecule has 0 N–H and O–H groups in total. The van der Waals surface area contributed by atoms with Crippen LogP contribution in [0.4, 0.5) is 4.39 Å². The highest BCUT2D eigenvalue weighted by Gasteiger charge is 2.23. The summed E-state index contributed by atoms with van der Waals surface area (Å²) in [5, 5.41) is 0.268. The van der Waals surface area contributed by atoms with Gasteiger partial charge in [-0.15, -0.1) is 0 Å². The fourth-order valence-electron chi connectivity index (χ4n) is 2.10. The van der Waals surface area contributed by atoms with Crippen LogP contribution in [-0.4, -0.2) is 12.4 Å². The Morgan fingerprint density at radius 3 is 2.75 bits per heavy atom. The number of carbonyl (C=O) groups is 1. The fourth-order valence-corrected chi connectivity index (χ4v) is 2.32. The molecule has 2 nitrogen and oxygen atoms in total. The Morgan fingerprint density at radius 1 is 1.15 bits per heavy atom. The van der Waals surface area contributed by atoms with Crippen LogP contribution in [0.15, 0.2) is 48.0 Å². The number of ether oxygens (including phenoxy) is 1. The number of Topliss-reactive ketones (excluding diaryl/α,β-unsaturated/α-hetero) is 1. The number of ketones is 1. The molecule has 0 aliphatic carbocycles. The number of para-hydroxylation sites is 1. The third-order valence-corrected chi connectivity index (χ3v) is 3.45. The average molecular weight is 289 g/mol. The minimum atomic E-state index is -0.461. The van der Waals surface area contributed by atoms with E-state index in [1.54, 1.807) is 30.3 Å². The van der Waals surface area contributed by atoms with Crippen molar-refractivity contribution < 1.29 is 13.9 Å². The van der Waals surface area contributed by atoms with Gasteiger partial charge in [-0.1, -0.05) is 29.8 Å². The first-order valence-electron chi connectivity index (χ1n) is 6.08. The summed E-state index contributed by atoms with van der Waals surface area (Å²) in [6.07, 6.45) is 1.45. The van der Waals surface area contributed by atoms with Gasteiger partial charge < -0.3 is 4.74 Å². The second kappa shape index (κ2) is 5.10. The summed E-state index contributed by atoms with van der Waals surface area (Å²) >= 11 is 5.96. The minimum Gasteiger partial charge on any atom is -0.488 e. The lowest BCUT2D eigenvalue weighted by Gasteiger charge is -2.18. The van der Waals surface area contributed by atoms with E-state index in [9.17, 15) is 9.18 Å². The zero-order valence-electron chi connectivity index (χ0n) is 10.4. The molecule has 0 saturated carbocycles. The molecule has 0 atom stereocenters. The molecule has 1 aliphatic rings. The second-order valence-corrected chi connectivity index (χ2v) is 4.83. The predicted molar refractivity (Wildman–Crippen MR) is 75.7 cm³/mol. The zero-order chi connectivity index (χ0) is 14.1. The van der Waals surface area contributed by atoms with Crippen LogP contribution in [-0.2, 0) is 0 Å². The van der Waals surface area contributed by atoms with Crippen LogP contribution in [0.1, 0.15) is 15.9 Å². The van der Waals surface area contributed by atoms with Crippen molar-refractivity contribution >= 4 is 23.5 Å². The third-order valence-electron chi connectivity index (χ3n) is 3.12. The lowest BCUT2D eigenvalue weighted by atomic mass is 9.98. The van der Waals surface area contributed by atoms with Gasteiger partial charge in [0, 0.05) is 11.1 Å². The van der Waals surface area contributed by atoms with Crippen molar-refractivity contribution in [1.29, 1.82) is 0 Å². The number of fused-ring (bicyclic) bond motifs is 1. The highest BCUT2D eigenvalue weighted by atomic mass is 35.5. The first-order chi connectivity index (χ1) is 9.66. The zero-order valence-corrected chi connectivity index (χ0v) is 11.2. The van der Waals surface area contributed by atoms with Gasteiger partial charge >= 0.3 is 0 Å². The quantitative estimate of drug-likeness (QED) is 0.737. The van der Waals surface area contributed by atoms with Crippen LogP contribution in [0, 0.1) is 5.82 Å². The number of rotatable bonds is 1. The van der Waals surface area contributed by atoms with Crippen LogP contribution in [0.5, 0.6) is 5.75 Å². The largest absolute Gasteiger partial charge is 0.488 e. The van der Waals surface area contributed by atoms with Crippen molar-refractivity contribution in [3.63, 3.8) is 0 Å². The Morgan fingerprint density at radius 2 is 1.95 bits per heavy atom. The lowest BCUT2D eigenvalue weighted by Crippen LogP contribution is -2.18. The molecule has 0 fully saturated rings. The summed E-state index contributed by atoms with van der Waals surface area (Å²) in [6.45, 7) is 0.112. The fraction of sp³-hybridized carbons (Fsp3) is 0.0625. The van der Waals surface area contributed by atoms with Crippen LogP contribution < -0.4 is 4.74 Å². The Bertz CT molecular complexity index is 702.